The van der Waals surface area contributed by atoms with Crippen LogP contribution in [-0.2, 0) is 4.79 Å². The van der Waals surface area contributed by atoms with E-state index in [0.717, 1.165) is 19.5 Å². The van der Waals surface area contributed by atoms with Crippen LogP contribution in [0, 0.1) is 0 Å². The Balaban J connectivity index is 1.74. The zero-order valence-corrected chi connectivity index (χ0v) is 10.2. The number of nitrogens with zero attached hydrogens (tertiary/aromatic N) is 1. The highest BCUT2D eigenvalue weighted by Gasteiger charge is 2.26. The molecule has 2 unspecified atom stereocenters. The Bertz CT molecular complexity index is 229. The number of nitrogens with one attached hydrogen (secondary N) is 1. The van der Waals surface area contributed by atoms with Gasteiger partial charge < -0.3 is 10.2 Å². The predicted octanol–water partition coefficient (Wildman–Crippen LogP) is 1.09. The zero-order chi connectivity index (χ0) is 10.7. The Morgan fingerprint density at radius 1 is 1.40 bits per heavy atom. The second-order valence-corrected chi connectivity index (χ2v) is 5.68. The number of thioether (sulfide) groups is 1. The van der Waals surface area contributed by atoms with Crippen molar-refractivity contribution in [2.45, 2.75) is 38.3 Å². The first-order chi connectivity index (χ1) is 7.25. The van der Waals surface area contributed by atoms with Crippen LogP contribution in [0.5, 0.6) is 0 Å². The molecule has 2 rings (SSSR count). The van der Waals surface area contributed by atoms with Gasteiger partial charge in [-0.1, -0.05) is 0 Å². The molecule has 2 fully saturated rings. The van der Waals surface area contributed by atoms with Crippen LogP contribution in [0.3, 0.4) is 0 Å². The first-order valence-corrected chi connectivity index (χ1v) is 7.00. The molecule has 4 heteroatoms. The van der Waals surface area contributed by atoms with Crippen LogP contribution >= 0.6 is 11.8 Å². The van der Waals surface area contributed by atoms with Crippen molar-refractivity contribution < 1.29 is 4.79 Å². The molecule has 0 spiro atoms. The Labute approximate surface area is 96.0 Å². The summed E-state index contributed by atoms with van der Waals surface area (Å²) < 4.78 is 0. The number of likely N-dealkylation sites (tertiary alicyclic amines) is 1. The quantitative estimate of drug-likeness (QED) is 0.768. The maximum absolute atomic E-state index is 11.2. The van der Waals surface area contributed by atoms with Crippen molar-refractivity contribution in [3.05, 3.63) is 0 Å². The molecule has 1 amide bonds. The third-order valence-electron chi connectivity index (χ3n) is 3.27. The minimum absolute atomic E-state index is 0.220. The summed E-state index contributed by atoms with van der Waals surface area (Å²) in [6, 6.07) is 1.22. The van der Waals surface area contributed by atoms with E-state index < -0.39 is 0 Å². The number of amides is 1. The summed E-state index contributed by atoms with van der Waals surface area (Å²) in [5, 5.41) is 3.69. The zero-order valence-electron chi connectivity index (χ0n) is 9.37. The number of hydrogen-bond donors (Lipinski definition) is 1. The van der Waals surface area contributed by atoms with Gasteiger partial charge in [-0.15, -0.1) is 0 Å². The lowest BCUT2D eigenvalue weighted by molar-refractivity contribution is -0.127. The second kappa shape index (κ2) is 5.21. The second-order valence-electron chi connectivity index (χ2n) is 4.53. The highest BCUT2D eigenvalue weighted by Crippen LogP contribution is 2.19. The third kappa shape index (κ3) is 3.11. The van der Waals surface area contributed by atoms with Crippen LogP contribution in [0.2, 0.25) is 0 Å². The van der Waals surface area contributed by atoms with Crippen LogP contribution in [0.15, 0.2) is 0 Å². The van der Waals surface area contributed by atoms with Crippen molar-refractivity contribution in [3.63, 3.8) is 0 Å². The molecule has 3 nitrogen and oxygen atoms in total. The molecule has 2 aliphatic heterocycles. The van der Waals surface area contributed by atoms with Gasteiger partial charge in [-0.25, -0.2) is 0 Å². The highest BCUT2D eigenvalue weighted by atomic mass is 32.2. The predicted molar refractivity (Wildman–Crippen MR) is 64.1 cm³/mol. The molecule has 2 saturated heterocycles. The molecule has 15 heavy (non-hydrogen) atoms. The van der Waals surface area contributed by atoms with E-state index in [2.05, 4.69) is 17.1 Å². The number of rotatable bonds is 2. The molecule has 2 aliphatic rings. The maximum atomic E-state index is 11.2. The molecular weight excluding hydrogens is 208 g/mol. The molecule has 0 aromatic rings. The molecule has 2 heterocycles. The average molecular weight is 228 g/mol. The molecule has 1 N–H and O–H groups in total. The van der Waals surface area contributed by atoms with Gasteiger partial charge in [0.05, 0.1) is 0 Å². The van der Waals surface area contributed by atoms with E-state index in [4.69, 9.17) is 0 Å². The molecular formula is C11H20N2OS. The lowest BCUT2D eigenvalue weighted by Crippen LogP contribution is -2.43. The first-order valence-electron chi connectivity index (χ1n) is 5.85. The van der Waals surface area contributed by atoms with Crippen molar-refractivity contribution in [1.29, 1.82) is 0 Å². The van der Waals surface area contributed by atoms with Crippen molar-refractivity contribution >= 4 is 17.7 Å². The van der Waals surface area contributed by atoms with Gasteiger partial charge in [-0.05, 0) is 25.0 Å². The molecule has 0 aromatic heterocycles. The van der Waals surface area contributed by atoms with Crippen LogP contribution in [-0.4, -0.2) is 47.5 Å². The molecule has 2 atom stereocenters. The smallest absolute Gasteiger partial charge is 0.219 e. The molecule has 0 radical (unpaired) electrons. The van der Waals surface area contributed by atoms with Crippen molar-refractivity contribution in [2.75, 3.05) is 24.6 Å². The van der Waals surface area contributed by atoms with E-state index in [0.29, 0.717) is 12.1 Å². The standard InChI is InChI=1S/C11H20N2OS/c1-9(14)13-5-4-10(7-13)12-11-3-2-6-15-8-11/h10-12H,2-8H2,1H3. The number of hydrogen-bond acceptors (Lipinski definition) is 3. The topological polar surface area (TPSA) is 32.3 Å². The highest BCUT2D eigenvalue weighted by molar-refractivity contribution is 7.99. The molecule has 0 saturated carbocycles. The SMILES string of the molecule is CC(=O)N1CCC(NC2CCCSC2)C1. The van der Waals surface area contributed by atoms with Crippen LogP contribution in [0.25, 0.3) is 0 Å². The fourth-order valence-corrected chi connectivity index (χ4v) is 3.47. The molecule has 0 bridgehead atoms. The fourth-order valence-electron chi connectivity index (χ4n) is 2.39. The number of carbonyl (C=O) groups excluding carboxylic acids is 1. The monoisotopic (exact) mass is 228 g/mol. The van der Waals surface area contributed by atoms with Crippen molar-refractivity contribution in [2.24, 2.45) is 0 Å². The normalized spacial score (nSPS) is 31.9. The van der Waals surface area contributed by atoms with Gasteiger partial charge in [0, 0.05) is 37.8 Å². The van der Waals surface area contributed by atoms with Gasteiger partial charge in [0.15, 0.2) is 0 Å². The van der Waals surface area contributed by atoms with Crippen LogP contribution in [0.1, 0.15) is 26.2 Å². The van der Waals surface area contributed by atoms with Gasteiger partial charge in [0.25, 0.3) is 0 Å². The molecule has 0 aliphatic carbocycles. The van der Waals surface area contributed by atoms with E-state index in [1.807, 2.05) is 4.90 Å². The van der Waals surface area contributed by atoms with E-state index in [1.165, 1.54) is 24.3 Å². The van der Waals surface area contributed by atoms with E-state index in [1.54, 1.807) is 6.92 Å². The minimum Gasteiger partial charge on any atom is -0.341 e. The average Bonchev–Trinajstić information content (AvgIpc) is 2.68. The summed E-state index contributed by atoms with van der Waals surface area (Å²) in [6.45, 7) is 3.52. The first kappa shape index (κ1) is 11.3. The summed E-state index contributed by atoms with van der Waals surface area (Å²) >= 11 is 2.05. The summed E-state index contributed by atoms with van der Waals surface area (Å²) in [5.41, 5.74) is 0. The lowest BCUT2D eigenvalue weighted by atomic mass is 10.1. The largest absolute Gasteiger partial charge is 0.341 e. The van der Waals surface area contributed by atoms with Gasteiger partial charge in [0.1, 0.15) is 0 Å². The summed E-state index contributed by atoms with van der Waals surface area (Å²) in [7, 11) is 0. The van der Waals surface area contributed by atoms with Gasteiger partial charge in [0.2, 0.25) is 5.91 Å². The third-order valence-corrected chi connectivity index (χ3v) is 4.48. The Hall–Kier alpha value is -0.220. The maximum Gasteiger partial charge on any atom is 0.219 e. The van der Waals surface area contributed by atoms with Gasteiger partial charge >= 0.3 is 0 Å². The minimum atomic E-state index is 0.220. The summed E-state index contributed by atoms with van der Waals surface area (Å²) in [6.07, 6.45) is 3.77. The van der Waals surface area contributed by atoms with Gasteiger partial charge in [-0.2, -0.15) is 11.8 Å². The van der Waals surface area contributed by atoms with Crippen LogP contribution < -0.4 is 5.32 Å². The lowest BCUT2D eigenvalue weighted by Gasteiger charge is -2.26. The molecule has 0 aromatic carbocycles. The molecule has 86 valence electrons. The Morgan fingerprint density at radius 3 is 2.87 bits per heavy atom. The van der Waals surface area contributed by atoms with Crippen LogP contribution in [0.4, 0.5) is 0 Å². The Kier molecular flexibility index (Phi) is 3.92. The van der Waals surface area contributed by atoms with E-state index in [-0.39, 0.29) is 5.91 Å². The Morgan fingerprint density at radius 2 is 2.27 bits per heavy atom. The summed E-state index contributed by atoms with van der Waals surface area (Å²) in [5.74, 6) is 2.79. The van der Waals surface area contributed by atoms with Crippen molar-refractivity contribution in [1.82, 2.24) is 10.2 Å². The van der Waals surface area contributed by atoms with E-state index in [9.17, 15) is 4.79 Å². The number of carbonyl (C=O) groups is 1. The van der Waals surface area contributed by atoms with E-state index >= 15 is 0 Å². The van der Waals surface area contributed by atoms with Gasteiger partial charge in [-0.3, -0.25) is 4.79 Å². The fraction of sp³-hybridized carbons (Fsp3) is 0.909. The van der Waals surface area contributed by atoms with Crippen molar-refractivity contribution in [3.8, 4) is 0 Å². The summed E-state index contributed by atoms with van der Waals surface area (Å²) in [4.78, 5) is 13.1.